The third-order valence-corrected chi connectivity index (χ3v) is 2.57. The Hall–Kier alpha value is -1.07. The molecule has 0 N–H and O–H groups in total. The highest BCUT2D eigenvalue weighted by Gasteiger charge is 2.12. The van der Waals surface area contributed by atoms with Crippen molar-refractivity contribution in [3.63, 3.8) is 0 Å². The van der Waals surface area contributed by atoms with Crippen molar-refractivity contribution in [2.45, 2.75) is 6.92 Å². The summed E-state index contributed by atoms with van der Waals surface area (Å²) in [6.07, 6.45) is 0. The molecule has 2 heterocycles. The minimum atomic E-state index is 0.209. The van der Waals surface area contributed by atoms with Crippen molar-refractivity contribution in [2.75, 3.05) is 7.11 Å². The van der Waals surface area contributed by atoms with Crippen LogP contribution in [-0.4, -0.2) is 26.7 Å². The third kappa shape index (κ3) is 1.29. The molecule has 2 aromatic heterocycles. The highest BCUT2D eigenvalue weighted by atomic mass is 35.5. The molecule has 5 nitrogen and oxygen atoms in total. The van der Waals surface area contributed by atoms with E-state index in [1.807, 2.05) is 0 Å². The number of hydrogen-bond donors (Lipinski definition) is 0. The highest BCUT2D eigenvalue weighted by molar-refractivity contribution is 6.34. The van der Waals surface area contributed by atoms with E-state index in [1.54, 1.807) is 6.92 Å². The molecule has 0 spiro atoms. The molecule has 0 aliphatic heterocycles. The molecule has 0 saturated heterocycles. The van der Waals surface area contributed by atoms with Crippen LogP contribution in [0.1, 0.15) is 5.56 Å². The maximum absolute atomic E-state index is 5.98. The lowest BCUT2D eigenvalue weighted by Gasteiger charge is -2.00. The number of fused-ring (bicyclic) bond motifs is 1. The van der Waals surface area contributed by atoms with Gasteiger partial charge in [0, 0.05) is 5.56 Å². The Morgan fingerprint density at radius 3 is 2.64 bits per heavy atom. The van der Waals surface area contributed by atoms with Crippen LogP contribution in [0.5, 0.6) is 6.01 Å². The first kappa shape index (κ1) is 9.48. The monoisotopic (exact) mass is 232 g/mol. The predicted molar refractivity (Wildman–Crippen MR) is 52.1 cm³/mol. The van der Waals surface area contributed by atoms with Crippen molar-refractivity contribution < 1.29 is 4.74 Å². The van der Waals surface area contributed by atoms with Crippen molar-refractivity contribution in [3.8, 4) is 6.01 Å². The maximum Gasteiger partial charge on any atom is 0.337 e. The fourth-order valence-corrected chi connectivity index (χ4v) is 1.41. The van der Waals surface area contributed by atoms with Crippen molar-refractivity contribution in [2.24, 2.45) is 0 Å². The lowest BCUT2D eigenvalue weighted by molar-refractivity contribution is 0.380. The van der Waals surface area contributed by atoms with Gasteiger partial charge in [0.1, 0.15) is 10.3 Å². The van der Waals surface area contributed by atoms with Crippen molar-refractivity contribution in [1.29, 1.82) is 0 Å². The van der Waals surface area contributed by atoms with E-state index < -0.39 is 0 Å². The lowest BCUT2D eigenvalue weighted by atomic mass is 10.4. The van der Waals surface area contributed by atoms with Gasteiger partial charge in [-0.25, -0.2) is 0 Å². The lowest BCUT2D eigenvalue weighted by Crippen LogP contribution is -1.96. The van der Waals surface area contributed by atoms with Gasteiger partial charge in [-0.05, 0) is 6.92 Å². The van der Waals surface area contributed by atoms with E-state index in [9.17, 15) is 0 Å². The molecule has 0 atom stereocenters. The van der Waals surface area contributed by atoms with Crippen molar-refractivity contribution >= 4 is 29.0 Å². The first-order valence-corrected chi connectivity index (χ1v) is 4.51. The largest absolute Gasteiger partial charge is 0.466 e. The summed E-state index contributed by atoms with van der Waals surface area (Å²) in [5.74, 6) is 0.322. The number of nitrogens with zero attached hydrogens (tertiary/aromatic N) is 4. The number of ether oxygens (including phenoxy) is 1. The van der Waals surface area contributed by atoms with Crippen LogP contribution in [0, 0.1) is 6.92 Å². The third-order valence-electron chi connectivity index (χ3n) is 1.76. The quantitative estimate of drug-likeness (QED) is 0.704. The van der Waals surface area contributed by atoms with Gasteiger partial charge in [0.2, 0.25) is 0 Å². The molecule has 14 heavy (non-hydrogen) atoms. The zero-order chi connectivity index (χ0) is 10.3. The van der Waals surface area contributed by atoms with Gasteiger partial charge >= 0.3 is 6.01 Å². The van der Waals surface area contributed by atoms with Gasteiger partial charge in [0.25, 0.3) is 5.78 Å². The molecule has 0 unspecified atom stereocenters. The molecule has 2 aromatic rings. The van der Waals surface area contributed by atoms with Crippen LogP contribution < -0.4 is 4.74 Å². The van der Waals surface area contributed by atoms with Gasteiger partial charge in [0.05, 0.1) is 7.11 Å². The van der Waals surface area contributed by atoms with Crippen LogP contribution in [0.4, 0.5) is 0 Å². The Morgan fingerprint density at radius 2 is 2.00 bits per heavy atom. The Kier molecular flexibility index (Phi) is 2.20. The average Bonchev–Trinajstić information content (AvgIpc) is 2.57. The van der Waals surface area contributed by atoms with Gasteiger partial charge in [-0.3, -0.25) is 0 Å². The summed E-state index contributed by atoms with van der Waals surface area (Å²) in [6, 6.07) is 0.209. The fraction of sp³-hybridized carbons (Fsp3) is 0.286. The molecular weight excluding hydrogens is 227 g/mol. The van der Waals surface area contributed by atoms with E-state index in [0.717, 1.165) is 0 Å². The summed E-state index contributed by atoms with van der Waals surface area (Å²) >= 11 is 11.8. The molecule has 0 bridgehead atoms. The van der Waals surface area contributed by atoms with Crippen LogP contribution in [-0.2, 0) is 0 Å². The van der Waals surface area contributed by atoms with Crippen molar-refractivity contribution in [3.05, 3.63) is 15.9 Å². The van der Waals surface area contributed by atoms with E-state index in [4.69, 9.17) is 27.9 Å². The Morgan fingerprint density at radius 1 is 1.29 bits per heavy atom. The van der Waals surface area contributed by atoms with Gasteiger partial charge in [-0.15, -0.1) is 5.10 Å². The molecule has 7 heteroatoms. The molecule has 0 saturated carbocycles. The smallest absolute Gasteiger partial charge is 0.337 e. The summed E-state index contributed by atoms with van der Waals surface area (Å²) in [6.45, 7) is 1.76. The van der Waals surface area contributed by atoms with Crippen LogP contribution >= 0.6 is 23.2 Å². The summed E-state index contributed by atoms with van der Waals surface area (Å²) in [7, 11) is 1.47. The topological polar surface area (TPSA) is 52.3 Å². The minimum Gasteiger partial charge on any atom is -0.466 e. The maximum atomic E-state index is 5.98. The fourth-order valence-electron chi connectivity index (χ4n) is 0.992. The van der Waals surface area contributed by atoms with Crippen LogP contribution in [0.15, 0.2) is 0 Å². The van der Waals surface area contributed by atoms with Crippen LogP contribution in [0.3, 0.4) is 0 Å². The number of aromatic nitrogens is 4. The van der Waals surface area contributed by atoms with E-state index in [0.29, 0.717) is 21.6 Å². The first-order chi connectivity index (χ1) is 6.63. The second-order valence-corrected chi connectivity index (χ2v) is 3.34. The van der Waals surface area contributed by atoms with Crippen LogP contribution in [0.2, 0.25) is 10.3 Å². The Bertz CT molecular complexity index is 496. The van der Waals surface area contributed by atoms with Gasteiger partial charge in [-0.2, -0.15) is 14.5 Å². The molecule has 74 valence electrons. The van der Waals surface area contributed by atoms with Gasteiger partial charge < -0.3 is 4.74 Å². The molecule has 0 radical (unpaired) electrons. The number of rotatable bonds is 1. The second-order valence-electron chi connectivity index (χ2n) is 2.63. The first-order valence-electron chi connectivity index (χ1n) is 3.76. The molecule has 0 amide bonds. The molecule has 0 aromatic carbocycles. The molecule has 2 rings (SSSR count). The molecular formula is C7H6Cl2N4O. The zero-order valence-electron chi connectivity index (χ0n) is 7.45. The van der Waals surface area contributed by atoms with Crippen molar-refractivity contribution in [1.82, 2.24) is 19.6 Å². The molecule has 0 fully saturated rings. The van der Waals surface area contributed by atoms with E-state index in [-0.39, 0.29) is 6.01 Å². The zero-order valence-corrected chi connectivity index (χ0v) is 8.96. The van der Waals surface area contributed by atoms with E-state index >= 15 is 0 Å². The predicted octanol–water partition coefficient (Wildman–Crippen LogP) is 1.75. The average molecular weight is 233 g/mol. The SMILES string of the molecule is COc1nc2nc(Cl)c(C)c(Cl)n2n1. The van der Waals surface area contributed by atoms with Gasteiger partial charge in [-0.1, -0.05) is 23.2 Å². The number of halogens is 2. The Labute approximate surface area is 89.6 Å². The summed E-state index contributed by atoms with van der Waals surface area (Å²) in [4.78, 5) is 7.94. The van der Waals surface area contributed by atoms with Crippen LogP contribution in [0.25, 0.3) is 5.78 Å². The number of hydrogen-bond acceptors (Lipinski definition) is 4. The summed E-state index contributed by atoms with van der Waals surface area (Å²) < 4.78 is 6.23. The number of methoxy groups -OCH3 is 1. The summed E-state index contributed by atoms with van der Waals surface area (Å²) in [5.41, 5.74) is 0.661. The second kappa shape index (κ2) is 3.25. The highest BCUT2D eigenvalue weighted by Crippen LogP contribution is 2.22. The minimum absolute atomic E-state index is 0.209. The Balaban J connectivity index is 2.81. The molecule has 0 aliphatic carbocycles. The standard InChI is InChI=1S/C7H6Cl2N4O/c1-3-4(8)10-6-11-7(14-2)12-13(6)5(3)9/h1-2H3. The summed E-state index contributed by atoms with van der Waals surface area (Å²) in [5, 5.41) is 4.67. The normalized spacial score (nSPS) is 10.9. The molecule has 0 aliphatic rings. The van der Waals surface area contributed by atoms with Gasteiger partial charge in [0.15, 0.2) is 0 Å². The van der Waals surface area contributed by atoms with E-state index in [2.05, 4.69) is 15.1 Å². The van der Waals surface area contributed by atoms with E-state index in [1.165, 1.54) is 11.6 Å².